The van der Waals surface area contributed by atoms with Gasteiger partial charge < -0.3 is 19.5 Å². The number of anilines is 1. The number of hydrogen-bond acceptors (Lipinski definition) is 5. The molecule has 0 aliphatic heterocycles. The number of esters is 1. The fourth-order valence-electron chi connectivity index (χ4n) is 2.08. The smallest absolute Gasteiger partial charge is 0.337 e. The van der Waals surface area contributed by atoms with Crippen LogP contribution in [0.2, 0.25) is 0 Å². The average molecular weight is 365 g/mol. The van der Waals surface area contributed by atoms with Gasteiger partial charge in [-0.15, -0.1) is 0 Å². The Bertz CT molecular complexity index is 825. The van der Waals surface area contributed by atoms with Gasteiger partial charge >= 0.3 is 5.97 Å². The lowest BCUT2D eigenvalue weighted by atomic mass is 10.2. The van der Waals surface area contributed by atoms with E-state index in [-0.39, 0.29) is 22.7 Å². The van der Waals surface area contributed by atoms with Gasteiger partial charge in [-0.25, -0.2) is 13.6 Å². The highest BCUT2D eigenvalue weighted by Gasteiger charge is 2.19. The minimum absolute atomic E-state index is 0.167. The van der Waals surface area contributed by atoms with E-state index in [1.54, 1.807) is 0 Å². The van der Waals surface area contributed by atoms with Gasteiger partial charge in [0.2, 0.25) is 0 Å². The minimum atomic E-state index is -1.02. The molecule has 1 N–H and O–H groups in total. The number of amides is 1. The van der Waals surface area contributed by atoms with Gasteiger partial charge in [-0.05, 0) is 37.3 Å². The molecule has 2 aromatic carbocycles. The van der Waals surface area contributed by atoms with Crippen molar-refractivity contribution in [2.24, 2.45) is 0 Å². The summed E-state index contributed by atoms with van der Waals surface area (Å²) >= 11 is 0. The fourth-order valence-corrected chi connectivity index (χ4v) is 2.08. The largest absolute Gasteiger partial charge is 0.493 e. The molecule has 0 heterocycles. The summed E-state index contributed by atoms with van der Waals surface area (Å²) in [7, 11) is 2.63. The van der Waals surface area contributed by atoms with Crippen LogP contribution >= 0.6 is 0 Å². The highest BCUT2D eigenvalue weighted by Crippen LogP contribution is 2.29. The summed E-state index contributed by atoms with van der Waals surface area (Å²) < 4.78 is 41.8. The van der Waals surface area contributed by atoms with Crippen LogP contribution in [-0.4, -0.2) is 32.2 Å². The monoisotopic (exact) mass is 365 g/mol. The molecule has 0 aliphatic rings. The Morgan fingerprint density at radius 1 is 1.04 bits per heavy atom. The maximum absolute atomic E-state index is 13.6. The van der Waals surface area contributed by atoms with Crippen molar-refractivity contribution >= 4 is 17.6 Å². The second-order valence-electron chi connectivity index (χ2n) is 5.23. The molecule has 0 aliphatic carbocycles. The van der Waals surface area contributed by atoms with E-state index in [1.165, 1.54) is 39.3 Å². The summed E-state index contributed by atoms with van der Waals surface area (Å²) in [6.45, 7) is 1.45. The standard InChI is InChI=1S/C18H17F2NO5/c1-10(17(22)21-14-6-5-12(19)9-13(14)20)26-15-7-4-11(18(23)25-3)8-16(15)24-2/h4-10H,1-3H3,(H,21,22)/t10-/m0/s1. The van der Waals surface area contributed by atoms with E-state index in [4.69, 9.17) is 9.47 Å². The van der Waals surface area contributed by atoms with Gasteiger partial charge in [0.1, 0.15) is 11.6 Å². The molecule has 0 fully saturated rings. The fraction of sp³-hybridized carbons (Fsp3) is 0.222. The van der Waals surface area contributed by atoms with Crippen LogP contribution in [0.1, 0.15) is 17.3 Å². The Labute approximate surface area is 148 Å². The van der Waals surface area contributed by atoms with Gasteiger partial charge in [0.25, 0.3) is 5.91 Å². The Balaban J connectivity index is 2.11. The van der Waals surface area contributed by atoms with Crippen molar-refractivity contribution in [2.75, 3.05) is 19.5 Å². The predicted octanol–water partition coefficient (Wildman–Crippen LogP) is 3.17. The van der Waals surface area contributed by atoms with Gasteiger partial charge in [0.15, 0.2) is 17.6 Å². The number of rotatable bonds is 6. The van der Waals surface area contributed by atoms with Crippen LogP contribution in [0.5, 0.6) is 11.5 Å². The lowest BCUT2D eigenvalue weighted by Gasteiger charge is -2.17. The Hall–Kier alpha value is -3.16. The first-order valence-corrected chi connectivity index (χ1v) is 7.54. The molecule has 1 atom stereocenters. The van der Waals surface area contributed by atoms with Crippen molar-refractivity contribution < 1.29 is 32.6 Å². The van der Waals surface area contributed by atoms with Crippen LogP contribution in [0, 0.1) is 11.6 Å². The predicted molar refractivity (Wildman–Crippen MR) is 89.4 cm³/mol. The molecule has 0 bridgehead atoms. The minimum Gasteiger partial charge on any atom is -0.493 e. The molecular formula is C18H17F2NO5. The molecule has 0 unspecified atom stereocenters. The molecule has 2 rings (SSSR count). The third-order valence-corrected chi connectivity index (χ3v) is 3.45. The van der Waals surface area contributed by atoms with Crippen LogP contribution in [-0.2, 0) is 9.53 Å². The summed E-state index contributed by atoms with van der Waals surface area (Å²) in [6.07, 6.45) is -1.02. The highest BCUT2D eigenvalue weighted by molar-refractivity contribution is 5.94. The summed E-state index contributed by atoms with van der Waals surface area (Å²) in [5, 5.41) is 2.31. The summed E-state index contributed by atoms with van der Waals surface area (Å²) in [6, 6.07) is 7.11. The number of carbonyl (C=O) groups excluding carboxylic acids is 2. The van der Waals surface area contributed by atoms with Crippen LogP contribution in [0.4, 0.5) is 14.5 Å². The Kier molecular flexibility index (Phi) is 6.11. The zero-order valence-electron chi connectivity index (χ0n) is 14.3. The highest BCUT2D eigenvalue weighted by atomic mass is 19.1. The summed E-state index contributed by atoms with van der Waals surface area (Å²) in [4.78, 5) is 23.7. The number of methoxy groups -OCH3 is 2. The zero-order chi connectivity index (χ0) is 19.3. The molecule has 138 valence electrons. The maximum Gasteiger partial charge on any atom is 0.337 e. The third-order valence-electron chi connectivity index (χ3n) is 3.45. The van der Waals surface area contributed by atoms with Gasteiger partial charge in [-0.3, -0.25) is 4.79 Å². The van der Waals surface area contributed by atoms with E-state index in [1.807, 2.05) is 0 Å². The Morgan fingerprint density at radius 2 is 1.77 bits per heavy atom. The Morgan fingerprint density at radius 3 is 2.38 bits per heavy atom. The van der Waals surface area contributed by atoms with Crippen molar-refractivity contribution in [1.82, 2.24) is 0 Å². The van der Waals surface area contributed by atoms with E-state index in [0.29, 0.717) is 6.07 Å². The van der Waals surface area contributed by atoms with Crippen LogP contribution in [0.25, 0.3) is 0 Å². The second kappa shape index (κ2) is 8.28. The van der Waals surface area contributed by atoms with Crippen molar-refractivity contribution in [3.8, 4) is 11.5 Å². The van der Waals surface area contributed by atoms with Crippen molar-refractivity contribution in [3.05, 3.63) is 53.6 Å². The first-order chi connectivity index (χ1) is 12.3. The molecule has 0 aromatic heterocycles. The van der Waals surface area contributed by atoms with Crippen LogP contribution < -0.4 is 14.8 Å². The molecule has 26 heavy (non-hydrogen) atoms. The summed E-state index contributed by atoms with van der Waals surface area (Å²) in [5.41, 5.74) is 0.0852. The number of benzene rings is 2. The second-order valence-corrected chi connectivity index (χ2v) is 5.23. The van der Waals surface area contributed by atoms with Crippen molar-refractivity contribution in [2.45, 2.75) is 13.0 Å². The van der Waals surface area contributed by atoms with Gasteiger partial charge in [-0.2, -0.15) is 0 Å². The lowest BCUT2D eigenvalue weighted by Crippen LogP contribution is -2.30. The number of halogens is 2. The molecule has 0 saturated heterocycles. The molecule has 8 heteroatoms. The van der Waals surface area contributed by atoms with Crippen LogP contribution in [0.15, 0.2) is 36.4 Å². The lowest BCUT2D eigenvalue weighted by molar-refractivity contribution is -0.122. The van der Waals surface area contributed by atoms with E-state index < -0.39 is 29.6 Å². The molecule has 2 aromatic rings. The molecule has 0 spiro atoms. The maximum atomic E-state index is 13.6. The molecule has 6 nitrogen and oxygen atoms in total. The van der Waals surface area contributed by atoms with Gasteiger partial charge in [-0.1, -0.05) is 0 Å². The van der Waals surface area contributed by atoms with Gasteiger partial charge in [0.05, 0.1) is 25.5 Å². The molecular weight excluding hydrogens is 348 g/mol. The number of carbonyl (C=O) groups is 2. The first kappa shape index (κ1) is 19.2. The SMILES string of the molecule is COC(=O)c1ccc(O[C@@H](C)C(=O)Nc2ccc(F)cc2F)c(OC)c1. The zero-order valence-corrected chi connectivity index (χ0v) is 14.3. The summed E-state index contributed by atoms with van der Waals surface area (Å²) in [5.74, 6) is -2.41. The van der Waals surface area contributed by atoms with Crippen molar-refractivity contribution in [1.29, 1.82) is 0 Å². The van der Waals surface area contributed by atoms with E-state index >= 15 is 0 Å². The topological polar surface area (TPSA) is 73.9 Å². The molecule has 0 saturated carbocycles. The first-order valence-electron chi connectivity index (χ1n) is 7.54. The van der Waals surface area contributed by atoms with Crippen LogP contribution in [0.3, 0.4) is 0 Å². The van der Waals surface area contributed by atoms with Crippen molar-refractivity contribution in [3.63, 3.8) is 0 Å². The quantitative estimate of drug-likeness (QED) is 0.796. The molecule has 1 amide bonds. The van der Waals surface area contributed by atoms with E-state index in [9.17, 15) is 18.4 Å². The van der Waals surface area contributed by atoms with Gasteiger partial charge in [0, 0.05) is 6.07 Å². The number of nitrogens with one attached hydrogen (secondary N) is 1. The average Bonchev–Trinajstić information content (AvgIpc) is 2.63. The third kappa shape index (κ3) is 4.47. The number of ether oxygens (including phenoxy) is 3. The molecule has 0 radical (unpaired) electrons. The normalized spacial score (nSPS) is 11.4. The van der Waals surface area contributed by atoms with E-state index in [0.717, 1.165) is 12.1 Å². The van der Waals surface area contributed by atoms with E-state index in [2.05, 4.69) is 10.1 Å². The number of hydrogen-bond donors (Lipinski definition) is 1.